The van der Waals surface area contributed by atoms with Gasteiger partial charge in [-0.15, -0.1) is 6.42 Å². The van der Waals surface area contributed by atoms with Gasteiger partial charge in [0.25, 0.3) is 0 Å². The summed E-state index contributed by atoms with van der Waals surface area (Å²) in [5.74, 6) is 2.14. The number of hydrogen-bond donors (Lipinski definition) is 1. The molecule has 0 amide bonds. The zero-order valence-electron chi connectivity index (χ0n) is 10.4. The van der Waals surface area contributed by atoms with Crippen LogP contribution in [0.15, 0.2) is 18.2 Å². The predicted octanol–water partition coefficient (Wildman–Crippen LogP) is 1.74. The van der Waals surface area contributed by atoms with Crippen LogP contribution < -0.4 is 5.32 Å². The summed E-state index contributed by atoms with van der Waals surface area (Å²) in [6.45, 7) is 4.27. The van der Waals surface area contributed by atoms with E-state index < -0.39 is 6.04 Å². The molecule has 90 valence electrons. The van der Waals surface area contributed by atoms with Crippen LogP contribution in [-0.4, -0.2) is 19.6 Å². The van der Waals surface area contributed by atoms with Crippen LogP contribution in [0.3, 0.4) is 0 Å². The number of rotatable bonds is 4. The van der Waals surface area contributed by atoms with Gasteiger partial charge in [0.1, 0.15) is 6.04 Å². The molecule has 3 nitrogen and oxygen atoms in total. The van der Waals surface area contributed by atoms with E-state index >= 15 is 0 Å². The Bertz CT molecular complexity index is 446. The Morgan fingerprint density at radius 2 is 2.24 bits per heavy atom. The van der Waals surface area contributed by atoms with E-state index in [4.69, 9.17) is 11.2 Å². The van der Waals surface area contributed by atoms with Crippen LogP contribution in [0, 0.1) is 26.2 Å². The number of carbonyl (C=O) groups excluding carboxylic acids is 1. The fourth-order valence-corrected chi connectivity index (χ4v) is 1.67. The lowest BCUT2D eigenvalue weighted by atomic mass is 9.99. The van der Waals surface area contributed by atoms with Crippen LogP contribution in [-0.2, 0) is 9.53 Å². The van der Waals surface area contributed by atoms with Crippen molar-refractivity contribution in [1.82, 2.24) is 5.32 Å². The van der Waals surface area contributed by atoms with Gasteiger partial charge in [0.05, 0.1) is 13.7 Å². The Balaban J connectivity index is 3.08. The zero-order valence-corrected chi connectivity index (χ0v) is 10.4. The second-order valence-corrected chi connectivity index (χ2v) is 3.90. The largest absolute Gasteiger partial charge is 0.468 e. The molecule has 0 fully saturated rings. The lowest BCUT2D eigenvalue weighted by molar-refractivity contribution is -0.143. The summed E-state index contributed by atoms with van der Waals surface area (Å²) in [4.78, 5) is 11.7. The molecule has 0 bridgehead atoms. The first kappa shape index (κ1) is 13.3. The second-order valence-electron chi connectivity index (χ2n) is 3.90. The number of terminal acetylenes is 1. The average Bonchev–Trinajstić information content (AvgIpc) is 2.33. The maximum atomic E-state index is 11.7. The van der Waals surface area contributed by atoms with Crippen molar-refractivity contribution in [2.24, 2.45) is 0 Å². The average molecular weight is 231 g/mol. The van der Waals surface area contributed by atoms with E-state index in [1.54, 1.807) is 0 Å². The molecule has 0 heterocycles. The monoisotopic (exact) mass is 231 g/mol. The Kier molecular flexibility index (Phi) is 4.74. The molecule has 1 unspecified atom stereocenters. The fourth-order valence-electron chi connectivity index (χ4n) is 1.67. The first-order valence-corrected chi connectivity index (χ1v) is 5.42. The van der Waals surface area contributed by atoms with Crippen LogP contribution in [0.1, 0.15) is 22.7 Å². The lowest BCUT2D eigenvalue weighted by Gasteiger charge is -2.18. The lowest BCUT2D eigenvalue weighted by Crippen LogP contribution is -2.30. The maximum Gasteiger partial charge on any atom is 0.327 e. The highest BCUT2D eigenvalue weighted by molar-refractivity contribution is 5.78. The van der Waals surface area contributed by atoms with Crippen LogP contribution in [0.4, 0.5) is 0 Å². The number of esters is 1. The van der Waals surface area contributed by atoms with Gasteiger partial charge in [-0.05, 0) is 25.0 Å². The Morgan fingerprint density at radius 3 is 2.82 bits per heavy atom. The zero-order chi connectivity index (χ0) is 12.8. The Labute approximate surface area is 102 Å². The minimum atomic E-state index is -0.504. The van der Waals surface area contributed by atoms with E-state index in [0.717, 1.165) is 16.7 Å². The van der Waals surface area contributed by atoms with Crippen molar-refractivity contribution in [3.8, 4) is 12.3 Å². The van der Waals surface area contributed by atoms with Crippen LogP contribution in [0.25, 0.3) is 0 Å². The smallest absolute Gasteiger partial charge is 0.327 e. The highest BCUT2D eigenvalue weighted by Gasteiger charge is 2.22. The molecule has 1 aromatic rings. The molecule has 1 N–H and O–H groups in total. The Morgan fingerprint density at radius 1 is 1.53 bits per heavy atom. The number of methoxy groups -OCH3 is 1. The van der Waals surface area contributed by atoms with E-state index in [0.29, 0.717) is 6.54 Å². The van der Waals surface area contributed by atoms with Gasteiger partial charge in [-0.2, -0.15) is 0 Å². The maximum absolute atomic E-state index is 11.7. The van der Waals surface area contributed by atoms with Crippen molar-refractivity contribution >= 4 is 5.97 Å². The summed E-state index contributed by atoms with van der Waals surface area (Å²) in [7, 11) is 1.37. The molecule has 0 aliphatic heterocycles. The standard InChI is InChI=1S/C14H17NO2/c1-5-8-15-13(14(16)17-4)12-9-10(2)6-7-11(12)3/h1,6-7,9,13,15H,8H2,2-4H3. The Hall–Kier alpha value is -1.79. The van der Waals surface area contributed by atoms with E-state index in [2.05, 4.69) is 11.2 Å². The van der Waals surface area contributed by atoms with Crippen molar-refractivity contribution in [2.75, 3.05) is 13.7 Å². The molecule has 0 radical (unpaired) electrons. The van der Waals surface area contributed by atoms with Gasteiger partial charge in [0.2, 0.25) is 0 Å². The summed E-state index contributed by atoms with van der Waals surface area (Å²) in [5.41, 5.74) is 3.05. The molecule has 17 heavy (non-hydrogen) atoms. The van der Waals surface area contributed by atoms with Crippen molar-refractivity contribution < 1.29 is 9.53 Å². The minimum absolute atomic E-state index is 0.325. The second kappa shape index (κ2) is 6.07. The normalized spacial score (nSPS) is 11.6. The number of benzene rings is 1. The summed E-state index contributed by atoms with van der Waals surface area (Å²) < 4.78 is 4.79. The number of aryl methyl sites for hydroxylation is 2. The van der Waals surface area contributed by atoms with Crippen molar-refractivity contribution in [3.05, 3.63) is 34.9 Å². The highest BCUT2D eigenvalue weighted by Crippen LogP contribution is 2.20. The van der Waals surface area contributed by atoms with Gasteiger partial charge in [-0.25, -0.2) is 4.79 Å². The van der Waals surface area contributed by atoms with Gasteiger partial charge in [-0.1, -0.05) is 29.7 Å². The van der Waals surface area contributed by atoms with E-state index in [-0.39, 0.29) is 5.97 Å². The van der Waals surface area contributed by atoms with Gasteiger partial charge in [0.15, 0.2) is 0 Å². The molecule has 1 aromatic carbocycles. The molecule has 1 atom stereocenters. The summed E-state index contributed by atoms with van der Waals surface area (Å²) in [6.07, 6.45) is 5.20. The van der Waals surface area contributed by atoms with Gasteiger partial charge in [0, 0.05) is 0 Å². The summed E-state index contributed by atoms with van der Waals surface area (Å²) in [6, 6.07) is 5.46. The van der Waals surface area contributed by atoms with Crippen molar-refractivity contribution in [2.45, 2.75) is 19.9 Å². The topological polar surface area (TPSA) is 38.3 Å². The molecule has 0 spiro atoms. The molecule has 0 aliphatic rings. The van der Waals surface area contributed by atoms with Gasteiger partial charge < -0.3 is 4.74 Å². The molecule has 3 heteroatoms. The third-order valence-electron chi connectivity index (χ3n) is 2.59. The molecule has 1 rings (SSSR count). The van der Waals surface area contributed by atoms with Crippen LogP contribution in [0.5, 0.6) is 0 Å². The van der Waals surface area contributed by atoms with Gasteiger partial charge in [-0.3, -0.25) is 5.32 Å². The van der Waals surface area contributed by atoms with E-state index in [1.165, 1.54) is 7.11 Å². The number of carbonyl (C=O) groups is 1. The minimum Gasteiger partial charge on any atom is -0.468 e. The molecular formula is C14H17NO2. The van der Waals surface area contributed by atoms with E-state index in [1.807, 2.05) is 32.0 Å². The summed E-state index contributed by atoms with van der Waals surface area (Å²) in [5, 5.41) is 2.99. The number of nitrogens with one attached hydrogen (secondary N) is 1. The van der Waals surface area contributed by atoms with E-state index in [9.17, 15) is 4.79 Å². The SMILES string of the molecule is C#CCNC(C(=O)OC)c1cc(C)ccc1C. The first-order chi connectivity index (χ1) is 8.10. The van der Waals surface area contributed by atoms with Crippen molar-refractivity contribution in [3.63, 3.8) is 0 Å². The molecular weight excluding hydrogens is 214 g/mol. The molecule has 0 aliphatic carbocycles. The fraction of sp³-hybridized carbons (Fsp3) is 0.357. The molecule has 0 saturated carbocycles. The third-order valence-corrected chi connectivity index (χ3v) is 2.59. The first-order valence-electron chi connectivity index (χ1n) is 5.42. The quantitative estimate of drug-likeness (QED) is 0.633. The van der Waals surface area contributed by atoms with Crippen molar-refractivity contribution in [1.29, 1.82) is 0 Å². The van der Waals surface area contributed by atoms with Crippen LogP contribution >= 0.6 is 0 Å². The number of ether oxygens (including phenoxy) is 1. The molecule has 0 saturated heterocycles. The highest BCUT2D eigenvalue weighted by atomic mass is 16.5. The van der Waals surface area contributed by atoms with Gasteiger partial charge >= 0.3 is 5.97 Å². The predicted molar refractivity (Wildman–Crippen MR) is 67.5 cm³/mol. The van der Waals surface area contributed by atoms with Crippen LogP contribution in [0.2, 0.25) is 0 Å². The third kappa shape index (κ3) is 3.33. The number of hydrogen-bond acceptors (Lipinski definition) is 3. The molecule has 0 aromatic heterocycles. The summed E-state index contributed by atoms with van der Waals surface area (Å²) >= 11 is 0.